The molecule has 0 saturated carbocycles. The molecule has 2 rings (SSSR count). The average Bonchev–Trinajstić information content (AvgIpc) is 2.39. The summed E-state index contributed by atoms with van der Waals surface area (Å²) < 4.78 is 16.2. The predicted octanol–water partition coefficient (Wildman–Crippen LogP) is 5.47. The Labute approximate surface area is 122 Å². The Hall–Kier alpha value is -1.19. The van der Waals surface area contributed by atoms with Crippen LogP contribution < -0.4 is 4.72 Å². The third-order valence-electron chi connectivity index (χ3n) is 2.86. The molecule has 0 aromatic heterocycles. The Morgan fingerprint density at radius 3 is 2.63 bits per heavy atom. The highest BCUT2D eigenvalue weighted by atomic mass is 35.5. The Bertz CT molecular complexity index is 586. The van der Waals surface area contributed by atoms with Crippen LogP contribution in [0.1, 0.15) is 18.1 Å². The van der Waals surface area contributed by atoms with E-state index in [0.29, 0.717) is 5.02 Å². The molecule has 2 aromatic rings. The lowest BCUT2D eigenvalue weighted by Gasteiger charge is -2.10. The first-order valence-electron chi connectivity index (χ1n) is 6.07. The summed E-state index contributed by atoms with van der Waals surface area (Å²) in [6.07, 6.45) is 1.03. The summed E-state index contributed by atoms with van der Waals surface area (Å²) >= 11 is 7.37. The van der Waals surface area contributed by atoms with Gasteiger partial charge in [-0.05, 0) is 60.7 Å². The van der Waals surface area contributed by atoms with E-state index in [0.717, 1.165) is 17.0 Å². The van der Waals surface area contributed by atoms with Crippen molar-refractivity contribution in [1.29, 1.82) is 0 Å². The number of benzene rings is 2. The van der Waals surface area contributed by atoms with Gasteiger partial charge in [-0.3, -0.25) is 0 Å². The van der Waals surface area contributed by atoms with Crippen LogP contribution in [0.5, 0.6) is 0 Å². The second-order valence-electron chi connectivity index (χ2n) is 4.28. The summed E-state index contributed by atoms with van der Waals surface area (Å²) in [5.74, 6) is -0.321. The van der Waals surface area contributed by atoms with Crippen LogP contribution in [0.25, 0.3) is 0 Å². The van der Waals surface area contributed by atoms with Crippen LogP contribution in [0.4, 0.5) is 10.1 Å². The van der Waals surface area contributed by atoms with Gasteiger partial charge < -0.3 is 4.72 Å². The van der Waals surface area contributed by atoms with Gasteiger partial charge in [-0.25, -0.2) is 4.39 Å². The van der Waals surface area contributed by atoms with Crippen LogP contribution in [-0.2, 0) is 6.42 Å². The van der Waals surface area contributed by atoms with E-state index in [1.54, 1.807) is 6.07 Å². The maximum atomic E-state index is 12.9. The van der Waals surface area contributed by atoms with E-state index >= 15 is 0 Å². The molecule has 0 bridgehead atoms. The lowest BCUT2D eigenvalue weighted by Crippen LogP contribution is -1.92. The minimum atomic E-state index is -0.321. The summed E-state index contributed by atoms with van der Waals surface area (Å²) in [6.45, 7) is 4.20. The number of hydrogen-bond acceptors (Lipinski definition) is 2. The van der Waals surface area contributed by atoms with Crippen molar-refractivity contribution in [2.24, 2.45) is 0 Å². The molecule has 0 aliphatic rings. The van der Waals surface area contributed by atoms with E-state index in [2.05, 4.69) is 36.8 Å². The van der Waals surface area contributed by atoms with Crippen molar-refractivity contribution in [3.63, 3.8) is 0 Å². The van der Waals surface area contributed by atoms with Crippen LogP contribution >= 0.6 is 23.5 Å². The molecule has 0 saturated heterocycles. The first kappa shape index (κ1) is 14.2. The first-order valence-corrected chi connectivity index (χ1v) is 7.27. The molecule has 0 aliphatic heterocycles. The molecule has 4 heteroatoms. The summed E-state index contributed by atoms with van der Waals surface area (Å²) in [7, 11) is 0. The fraction of sp³-hybridized carbons (Fsp3) is 0.200. The maximum Gasteiger partial charge on any atom is 0.124 e. The molecule has 0 amide bonds. The second-order valence-corrected chi connectivity index (χ2v) is 5.54. The molecule has 1 N–H and O–H groups in total. The van der Waals surface area contributed by atoms with Crippen molar-refractivity contribution >= 4 is 29.2 Å². The minimum Gasteiger partial charge on any atom is -0.325 e. The lowest BCUT2D eigenvalue weighted by atomic mass is 10.1. The van der Waals surface area contributed by atoms with E-state index < -0.39 is 0 Å². The zero-order valence-corrected chi connectivity index (χ0v) is 12.4. The van der Waals surface area contributed by atoms with Crippen LogP contribution in [0.2, 0.25) is 5.02 Å². The molecule has 100 valence electrons. The first-order chi connectivity index (χ1) is 9.10. The number of hydrogen-bond donors (Lipinski definition) is 1. The minimum absolute atomic E-state index is 0.321. The smallest absolute Gasteiger partial charge is 0.124 e. The maximum absolute atomic E-state index is 12.9. The molecule has 0 aliphatic carbocycles. The highest BCUT2D eigenvalue weighted by Gasteiger charge is 2.04. The molecule has 0 spiro atoms. The van der Waals surface area contributed by atoms with Gasteiger partial charge in [0.25, 0.3) is 0 Å². The summed E-state index contributed by atoms with van der Waals surface area (Å²) in [4.78, 5) is 0.807. The van der Waals surface area contributed by atoms with E-state index in [4.69, 9.17) is 11.6 Å². The number of aryl methyl sites for hydroxylation is 2. The van der Waals surface area contributed by atoms with Crippen molar-refractivity contribution in [2.45, 2.75) is 25.2 Å². The van der Waals surface area contributed by atoms with Crippen molar-refractivity contribution in [1.82, 2.24) is 0 Å². The topological polar surface area (TPSA) is 12.0 Å². The van der Waals surface area contributed by atoms with E-state index in [1.165, 1.54) is 35.2 Å². The monoisotopic (exact) mass is 295 g/mol. The number of nitrogens with one attached hydrogen (secondary N) is 1. The standard InChI is InChI=1S/C15H15ClFNS/c1-3-11-4-6-14(10(2)8-11)18-19-15-7-5-12(17)9-13(15)16/h4-9,18H,3H2,1-2H3. The van der Waals surface area contributed by atoms with Gasteiger partial charge in [-0.15, -0.1) is 0 Å². The average molecular weight is 296 g/mol. The second kappa shape index (κ2) is 6.31. The Morgan fingerprint density at radius 2 is 2.00 bits per heavy atom. The fourth-order valence-electron chi connectivity index (χ4n) is 1.73. The third kappa shape index (κ3) is 3.64. The van der Waals surface area contributed by atoms with Gasteiger partial charge >= 0.3 is 0 Å². The SMILES string of the molecule is CCc1ccc(NSc2ccc(F)cc2Cl)c(C)c1. The molecular formula is C15H15ClFNS. The molecule has 19 heavy (non-hydrogen) atoms. The highest BCUT2D eigenvalue weighted by Crippen LogP contribution is 2.30. The van der Waals surface area contributed by atoms with Gasteiger partial charge in [0, 0.05) is 10.6 Å². The zero-order chi connectivity index (χ0) is 13.8. The third-order valence-corrected chi connectivity index (χ3v) is 4.19. The quantitative estimate of drug-likeness (QED) is 0.751. The molecule has 0 fully saturated rings. The van der Waals surface area contributed by atoms with E-state index in [1.807, 2.05) is 0 Å². The molecular weight excluding hydrogens is 281 g/mol. The summed E-state index contributed by atoms with van der Waals surface area (Å²) in [6, 6.07) is 10.7. The Kier molecular flexibility index (Phi) is 4.72. The van der Waals surface area contributed by atoms with Crippen LogP contribution in [0.3, 0.4) is 0 Å². The Balaban J connectivity index is 2.10. The van der Waals surface area contributed by atoms with Gasteiger partial charge in [0.05, 0.1) is 5.02 Å². The summed E-state index contributed by atoms with van der Waals surface area (Å²) in [5.41, 5.74) is 3.54. The highest BCUT2D eigenvalue weighted by molar-refractivity contribution is 8.00. The van der Waals surface area contributed by atoms with Crippen LogP contribution in [-0.4, -0.2) is 0 Å². The van der Waals surface area contributed by atoms with Crippen molar-refractivity contribution in [2.75, 3.05) is 4.72 Å². The zero-order valence-electron chi connectivity index (χ0n) is 10.8. The number of anilines is 1. The molecule has 1 nitrogen and oxygen atoms in total. The lowest BCUT2D eigenvalue weighted by molar-refractivity contribution is 0.626. The van der Waals surface area contributed by atoms with Gasteiger partial charge in [0.15, 0.2) is 0 Å². The fourth-order valence-corrected chi connectivity index (χ4v) is 2.75. The number of halogens is 2. The van der Waals surface area contributed by atoms with Crippen LogP contribution in [0.15, 0.2) is 41.3 Å². The van der Waals surface area contributed by atoms with Crippen molar-refractivity contribution in [3.05, 3.63) is 58.4 Å². The van der Waals surface area contributed by atoms with Crippen molar-refractivity contribution in [3.8, 4) is 0 Å². The Morgan fingerprint density at radius 1 is 1.21 bits per heavy atom. The molecule has 0 radical (unpaired) electrons. The molecule has 0 heterocycles. The largest absolute Gasteiger partial charge is 0.325 e. The van der Waals surface area contributed by atoms with Gasteiger partial charge in [-0.1, -0.05) is 30.7 Å². The predicted molar refractivity (Wildman–Crippen MR) is 81.4 cm³/mol. The molecule has 0 atom stereocenters. The van der Waals surface area contributed by atoms with Gasteiger partial charge in [0.1, 0.15) is 5.82 Å². The van der Waals surface area contributed by atoms with E-state index in [9.17, 15) is 4.39 Å². The molecule has 0 unspecified atom stereocenters. The summed E-state index contributed by atoms with van der Waals surface area (Å²) in [5, 5.41) is 0.417. The molecule has 2 aromatic carbocycles. The van der Waals surface area contributed by atoms with E-state index in [-0.39, 0.29) is 5.82 Å². The van der Waals surface area contributed by atoms with Crippen molar-refractivity contribution < 1.29 is 4.39 Å². The number of rotatable bonds is 4. The normalized spacial score (nSPS) is 10.5. The van der Waals surface area contributed by atoms with Gasteiger partial charge in [-0.2, -0.15) is 0 Å². The van der Waals surface area contributed by atoms with Crippen LogP contribution in [0, 0.1) is 12.7 Å². The van der Waals surface area contributed by atoms with Gasteiger partial charge in [0.2, 0.25) is 0 Å².